The van der Waals surface area contributed by atoms with Gasteiger partial charge in [0.15, 0.2) is 0 Å². The number of nitrogens with zero attached hydrogens (tertiary/aromatic N) is 1. The summed E-state index contributed by atoms with van der Waals surface area (Å²) < 4.78 is 0. The first-order chi connectivity index (χ1) is 22.8. The molecule has 0 fully saturated rings. The van der Waals surface area contributed by atoms with E-state index in [4.69, 9.17) is 0 Å². The van der Waals surface area contributed by atoms with Crippen molar-refractivity contribution in [3.63, 3.8) is 0 Å². The first kappa shape index (κ1) is 26.3. The molecule has 0 spiro atoms. The predicted octanol–water partition coefficient (Wildman–Crippen LogP) is 12.4. The van der Waals surface area contributed by atoms with E-state index in [-0.39, 0.29) is 0 Å². The highest BCUT2D eigenvalue weighted by Gasteiger charge is 2.18. The van der Waals surface area contributed by atoms with Crippen molar-refractivity contribution in [1.82, 2.24) is 4.98 Å². The van der Waals surface area contributed by atoms with Gasteiger partial charge in [0.2, 0.25) is 0 Å². The highest BCUT2D eigenvalue weighted by atomic mass is 15.1. The average molecular weight is 587 g/mol. The predicted molar refractivity (Wildman–Crippen MR) is 196 cm³/mol. The Bertz CT molecular complexity index is 2450. The number of hydrogen-bond donors (Lipinski definition) is 1. The Morgan fingerprint density at radius 1 is 0.304 bits per heavy atom. The van der Waals surface area contributed by atoms with E-state index in [2.05, 4.69) is 186 Å². The topological polar surface area (TPSA) is 19.0 Å². The van der Waals surface area contributed by atoms with Crippen LogP contribution in [0.1, 0.15) is 0 Å². The number of rotatable bonds is 5. The summed E-state index contributed by atoms with van der Waals surface area (Å²) in [6, 6.07) is 63.4. The first-order valence-corrected chi connectivity index (χ1v) is 15.8. The SMILES string of the molecule is c1ccc(-c2c3ccccc3c(-c3ccc(N(c4ccccc4)c4ccc5[nH]c6ccccc6c5c4)cc3)c3ccccc23)cc1. The van der Waals surface area contributed by atoms with E-state index >= 15 is 0 Å². The van der Waals surface area contributed by atoms with Crippen LogP contribution in [0.5, 0.6) is 0 Å². The Morgan fingerprint density at radius 3 is 1.35 bits per heavy atom. The van der Waals surface area contributed by atoms with E-state index < -0.39 is 0 Å². The molecule has 9 aromatic rings. The normalized spacial score (nSPS) is 11.5. The molecule has 1 N–H and O–H groups in total. The van der Waals surface area contributed by atoms with Gasteiger partial charge < -0.3 is 9.88 Å². The second-order valence-corrected chi connectivity index (χ2v) is 11.8. The Kier molecular flexibility index (Phi) is 6.17. The van der Waals surface area contributed by atoms with E-state index in [1.807, 2.05) is 0 Å². The maximum Gasteiger partial charge on any atom is 0.0469 e. The fourth-order valence-electron chi connectivity index (χ4n) is 7.13. The second-order valence-electron chi connectivity index (χ2n) is 11.8. The highest BCUT2D eigenvalue weighted by molar-refractivity contribution is 6.21. The van der Waals surface area contributed by atoms with Gasteiger partial charge in [-0.3, -0.25) is 0 Å². The zero-order chi connectivity index (χ0) is 30.5. The molecule has 0 saturated heterocycles. The fraction of sp³-hybridized carbons (Fsp3) is 0. The number of nitrogens with one attached hydrogen (secondary N) is 1. The molecule has 0 saturated carbocycles. The molecule has 8 aromatic carbocycles. The summed E-state index contributed by atoms with van der Waals surface area (Å²) in [4.78, 5) is 5.92. The van der Waals surface area contributed by atoms with Crippen molar-refractivity contribution < 1.29 is 0 Å². The number of fused-ring (bicyclic) bond motifs is 5. The lowest BCUT2D eigenvalue weighted by Gasteiger charge is -2.26. The van der Waals surface area contributed by atoms with Gasteiger partial charge in [-0.1, -0.05) is 127 Å². The van der Waals surface area contributed by atoms with Crippen molar-refractivity contribution >= 4 is 60.4 Å². The minimum absolute atomic E-state index is 1.11. The van der Waals surface area contributed by atoms with Gasteiger partial charge in [0.25, 0.3) is 0 Å². The van der Waals surface area contributed by atoms with Crippen LogP contribution in [-0.4, -0.2) is 4.98 Å². The highest BCUT2D eigenvalue weighted by Crippen LogP contribution is 2.44. The molecule has 2 nitrogen and oxygen atoms in total. The maximum atomic E-state index is 3.57. The molecule has 1 aromatic heterocycles. The van der Waals surface area contributed by atoms with Gasteiger partial charge in [0, 0.05) is 38.9 Å². The van der Waals surface area contributed by atoms with Crippen LogP contribution in [0.2, 0.25) is 0 Å². The van der Waals surface area contributed by atoms with Crippen LogP contribution < -0.4 is 4.90 Å². The third kappa shape index (κ3) is 4.27. The van der Waals surface area contributed by atoms with Crippen molar-refractivity contribution in [2.45, 2.75) is 0 Å². The fourth-order valence-corrected chi connectivity index (χ4v) is 7.13. The van der Waals surface area contributed by atoms with Crippen LogP contribution in [0.4, 0.5) is 17.1 Å². The lowest BCUT2D eigenvalue weighted by atomic mass is 9.86. The third-order valence-corrected chi connectivity index (χ3v) is 9.17. The summed E-state index contributed by atoms with van der Waals surface area (Å²) in [6.45, 7) is 0. The summed E-state index contributed by atoms with van der Waals surface area (Å²) in [7, 11) is 0. The second kappa shape index (κ2) is 10.8. The van der Waals surface area contributed by atoms with Crippen molar-refractivity contribution in [3.8, 4) is 22.3 Å². The molecule has 2 heteroatoms. The zero-order valence-electron chi connectivity index (χ0n) is 25.2. The molecular formula is C44H30N2. The molecule has 9 rings (SSSR count). The van der Waals surface area contributed by atoms with Crippen LogP contribution in [0, 0.1) is 0 Å². The number of anilines is 3. The number of para-hydroxylation sites is 2. The number of hydrogen-bond acceptors (Lipinski definition) is 1. The van der Waals surface area contributed by atoms with Gasteiger partial charge in [0.1, 0.15) is 0 Å². The molecule has 0 aliphatic heterocycles. The Hall–Kier alpha value is -6.12. The Labute approximate surface area is 267 Å². The smallest absolute Gasteiger partial charge is 0.0469 e. The Balaban J connectivity index is 1.22. The first-order valence-electron chi connectivity index (χ1n) is 15.8. The summed E-state index contributed by atoms with van der Waals surface area (Å²) in [6.07, 6.45) is 0. The average Bonchev–Trinajstić information content (AvgIpc) is 3.50. The largest absolute Gasteiger partial charge is 0.355 e. The van der Waals surface area contributed by atoms with Crippen molar-refractivity contribution in [3.05, 3.63) is 176 Å². The summed E-state index contributed by atoms with van der Waals surface area (Å²) >= 11 is 0. The summed E-state index contributed by atoms with van der Waals surface area (Å²) in [5, 5.41) is 7.52. The molecule has 46 heavy (non-hydrogen) atoms. The molecule has 0 aliphatic carbocycles. The maximum absolute atomic E-state index is 3.57. The Morgan fingerprint density at radius 2 is 0.739 bits per heavy atom. The number of benzene rings is 8. The van der Waals surface area contributed by atoms with Crippen LogP contribution in [0.25, 0.3) is 65.6 Å². The van der Waals surface area contributed by atoms with Crippen LogP contribution >= 0.6 is 0 Å². The number of H-pyrrole nitrogens is 1. The van der Waals surface area contributed by atoms with Crippen molar-refractivity contribution in [2.24, 2.45) is 0 Å². The molecule has 1 heterocycles. The lowest BCUT2D eigenvalue weighted by Crippen LogP contribution is -2.09. The van der Waals surface area contributed by atoms with E-state index in [0.29, 0.717) is 0 Å². The number of aromatic amines is 1. The molecule has 0 amide bonds. The van der Waals surface area contributed by atoms with Crippen LogP contribution in [-0.2, 0) is 0 Å². The minimum Gasteiger partial charge on any atom is -0.355 e. The van der Waals surface area contributed by atoms with Gasteiger partial charge in [-0.15, -0.1) is 0 Å². The van der Waals surface area contributed by atoms with E-state index in [9.17, 15) is 0 Å². The molecule has 0 unspecified atom stereocenters. The molecular weight excluding hydrogens is 556 g/mol. The monoisotopic (exact) mass is 586 g/mol. The van der Waals surface area contributed by atoms with Gasteiger partial charge in [0.05, 0.1) is 0 Å². The summed E-state index contributed by atoms with van der Waals surface area (Å²) in [5.41, 5.74) is 10.7. The minimum atomic E-state index is 1.11. The third-order valence-electron chi connectivity index (χ3n) is 9.17. The van der Waals surface area contributed by atoms with Crippen molar-refractivity contribution in [1.29, 1.82) is 0 Å². The molecule has 0 atom stereocenters. The van der Waals surface area contributed by atoms with Crippen LogP contribution in [0.15, 0.2) is 176 Å². The zero-order valence-corrected chi connectivity index (χ0v) is 25.2. The van der Waals surface area contributed by atoms with Gasteiger partial charge in [-0.05, 0) is 92.3 Å². The van der Waals surface area contributed by atoms with E-state index in [1.165, 1.54) is 54.6 Å². The molecule has 216 valence electrons. The van der Waals surface area contributed by atoms with Crippen LogP contribution in [0.3, 0.4) is 0 Å². The molecule has 0 aliphatic rings. The van der Waals surface area contributed by atoms with Gasteiger partial charge in [-0.25, -0.2) is 0 Å². The quantitative estimate of drug-likeness (QED) is 0.199. The van der Waals surface area contributed by atoms with Crippen molar-refractivity contribution in [2.75, 3.05) is 4.90 Å². The standard InChI is InChI=1S/C44H30N2/c1-3-13-30(14-4-1)43-36-18-7-9-20-38(36)44(39-21-10-8-19-37(39)43)31-23-25-33(26-24-31)46(32-15-5-2-6-16-32)34-27-28-42-40(29-34)35-17-11-12-22-41(35)45-42/h1-29,45H. The van der Waals surface area contributed by atoms with E-state index in [1.54, 1.807) is 0 Å². The van der Waals surface area contributed by atoms with Gasteiger partial charge in [-0.2, -0.15) is 0 Å². The number of aromatic nitrogens is 1. The molecule has 0 radical (unpaired) electrons. The van der Waals surface area contributed by atoms with E-state index in [0.717, 1.165) is 28.1 Å². The molecule has 0 bridgehead atoms. The summed E-state index contributed by atoms with van der Waals surface area (Å²) in [5.74, 6) is 0. The van der Waals surface area contributed by atoms with Gasteiger partial charge >= 0.3 is 0 Å². The lowest BCUT2D eigenvalue weighted by molar-refractivity contribution is 1.29.